The Bertz CT molecular complexity index is 660. The summed E-state index contributed by atoms with van der Waals surface area (Å²) in [6.07, 6.45) is 1.74. The molecule has 0 saturated carbocycles. The van der Waals surface area contributed by atoms with Crippen LogP contribution in [0.5, 0.6) is 0 Å². The van der Waals surface area contributed by atoms with Crippen molar-refractivity contribution >= 4 is 34.1 Å². The van der Waals surface area contributed by atoms with Crippen LogP contribution in [-0.2, 0) is 6.54 Å². The van der Waals surface area contributed by atoms with Crippen LogP contribution in [0.4, 0.5) is 11.8 Å². The molecule has 7 heteroatoms. The van der Waals surface area contributed by atoms with Crippen LogP contribution in [0.2, 0.25) is 0 Å². The van der Waals surface area contributed by atoms with Crippen molar-refractivity contribution in [2.75, 3.05) is 17.2 Å². The van der Waals surface area contributed by atoms with E-state index in [4.69, 9.17) is 0 Å². The molecule has 0 unspecified atom stereocenters. The van der Waals surface area contributed by atoms with Crippen molar-refractivity contribution in [2.24, 2.45) is 0 Å². The van der Waals surface area contributed by atoms with E-state index in [-0.39, 0.29) is 0 Å². The van der Waals surface area contributed by atoms with Gasteiger partial charge in [-0.3, -0.25) is 5.10 Å². The lowest BCUT2D eigenvalue weighted by molar-refractivity contribution is 1.06. The summed E-state index contributed by atoms with van der Waals surface area (Å²) in [6.45, 7) is 3.54. The lowest BCUT2D eigenvalue weighted by atomic mass is 10.3. The molecule has 6 nitrogen and oxygen atoms in total. The average Bonchev–Trinajstić information content (AvgIpc) is 3.07. The number of H-pyrrole nitrogens is 1. The first-order chi connectivity index (χ1) is 9.36. The van der Waals surface area contributed by atoms with E-state index >= 15 is 0 Å². The highest BCUT2D eigenvalue weighted by Crippen LogP contribution is 2.20. The van der Waals surface area contributed by atoms with Gasteiger partial charge in [0.2, 0.25) is 5.95 Å². The molecular weight excluding hydrogens is 260 g/mol. The van der Waals surface area contributed by atoms with Crippen LogP contribution in [0.15, 0.2) is 23.0 Å². The minimum Gasteiger partial charge on any atom is -0.365 e. The number of thiophene rings is 1. The molecular formula is C12H14N6S. The number of hydrogen-bond acceptors (Lipinski definition) is 6. The largest absolute Gasteiger partial charge is 0.365 e. The van der Waals surface area contributed by atoms with Crippen LogP contribution in [0.1, 0.15) is 12.5 Å². The molecule has 0 aromatic carbocycles. The van der Waals surface area contributed by atoms with E-state index in [2.05, 4.69) is 47.6 Å². The first-order valence-electron chi connectivity index (χ1n) is 6.06. The Morgan fingerprint density at radius 2 is 2.26 bits per heavy atom. The summed E-state index contributed by atoms with van der Waals surface area (Å²) in [4.78, 5) is 8.82. The highest BCUT2D eigenvalue weighted by atomic mass is 32.1. The normalized spacial score (nSPS) is 10.8. The number of hydrogen-bond donors (Lipinski definition) is 3. The van der Waals surface area contributed by atoms with Crippen LogP contribution >= 0.6 is 11.3 Å². The molecule has 0 amide bonds. The molecule has 3 aromatic heterocycles. The molecule has 0 fully saturated rings. The van der Waals surface area contributed by atoms with Crippen LogP contribution in [0.25, 0.3) is 11.0 Å². The Hall–Kier alpha value is -2.15. The Morgan fingerprint density at radius 1 is 1.32 bits per heavy atom. The van der Waals surface area contributed by atoms with Crippen molar-refractivity contribution in [3.63, 3.8) is 0 Å². The molecule has 98 valence electrons. The molecule has 0 aliphatic rings. The molecule has 0 spiro atoms. The smallest absolute Gasteiger partial charge is 0.226 e. The minimum absolute atomic E-state index is 0.604. The van der Waals surface area contributed by atoms with Gasteiger partial charge in [0.1, 0.15) is 5.82 Å². The zero-order valence-electron chi connectivity index (χ0n) is 10.5. The third kappa shape index (κ3) is 2.50. The number of nitrogens with zero attached hydrogens (tertiary/aromatic N) is 3. The van der Waals surface area contributed by atoms with Crippen LogP contribution in [0.3, 0.4) is 0 Å². The second kappa shape index (κ2) is 5.23. The van der Waals surface area contributed by atoms with Crippen molar-refractivity contribution in [1.82, 2.24) is 20.2 Å². The summed E-state index contributed by atoms with van der Waals surface area (Å²) in [5.74, 6) is 1.40. The Labute approximate surface area is 114 Å². The van der Waals surface area contributed by atoms with Gasteiger partial charge in [-0.05, 0) is 29.3 Å². The predicted octanol–water partition coefficient (Wildman–Crippen LogP) is 2.46. The number of rotatable bonds is 5. The van der Waals surface area contributed by atoms with Gasteiger partial charge in [0.25, 0.3) is 0 Å². The second-order valence-corrected chi connectivity index (χ2v) is 4.82. The molecule has 19 heavy (non-hydrogen) atoms. The number of nitrogens with one attached hydrogen (secondary N) is 3. The number of aromatic amines is 1. The summed E-state index contributed by atoms with van der Waals surface area (Å²) in [5.41, 5.74) is 1.98. The summed E-state index contributed by atoms with van der Waals surface area (Å²) in [6, 6.07) is 2.09. The van der Waals surface area contributed by atoms with Crippen molar-refractivity contribution in [1.29, 1.82) is 0 Å². The molecule has 0 aliphatic heterocycles. The molecule has 0 bridgehead atoms. The van der Waals surface area contributed by atoms with Gasteiger partial charge < -0.3 is 10.6 Å². The molecule has 0 atom stereocenters. The van der Waals surface area contributed by atoms with Gasteiger partial charge in [-0.2, -0.15) is 26.4 Å². The molecule has 3 aromatic rings. The SMILES string of the molecule is CCNc1nc(NCc2ccsc2)c2cn[nH]c2n1. The van der Waals surface area contributed by atoms with Crippen molar-refractivity contribution in [2.45, 2.75) is 13.5 Å². The Morgan fingerprint density at radius 3 is 3.05 bits per heavy atom. The van der Waals surface area contributed by atoms with Gasteiger partial charge in [-0.25, -0.2) is 0 Å². The van der Waals surface area contributed by atoms with E-state index in [0.29, 0.717) is 5.95 Å². The van der Waals surface area contributed by atoms with Gasteiger partial charge in [0, 0.05) is 13.1 Å². The Balaban J connectivity index is 1.89. The van der Waals surface area contributed by atoms with E-state index in [0.717, 1.165) is 29.9 Å². The number of aromatic nitrogens is 4. The first-order valence-corrected chi connectivity index (χ1v) is 7.01. The third-order valence-electron chi connectivity index (χ3n) is 2.68. The maximum atomic E-state index is 4.47. The monoisotopic (exact) mass is 274 g/mol. The standard InChI is InChI=1S/C12H14N6S/c1-2-13-12-16-10(9-6-15-18-11(9)17-12)14-5-8-3-4-19-7-8/h3-4,6-7H,2,5H2,1H3,(H3,13,14,15,16,17,18). The van der Waals surface area contributed by atoms with Gasteiger partial charge in [0.15, 0.2) is 5.65 Å². The fourth-order valence-corrected chi connectivity index (χ4v) is 2.45. The third-order valence-corrected chi connectivity index (χ3v) is 3.42. The van der Waals surface area contributed by atoms with Gasteiger partial charge >= 0.3 is 0 Å². The fraction of sp³-hybridized carbons (Fsp3) is 0.250. The van der Waals surface area contributed by atoms with E-state index in [1.165, 1.54) is 5.56 Å². The zero-order valence-corrected chi connectivity index (χ0v) is 11.3. The molecule has 3 heterocycles. The van der Waals surface area contributed by atoms with Crippen LogP contribution < -0.4 is 10.6 Å². The predicted molar refractivity (Wildman–Crippen MR) is 77.5 cm³/mol. The fourth-order valence-electron chi connectivity index (χ4n) is 1.79. The Kier molecular flexibility index (Phi) is 3.28. The average molecular weight is 274 g/mol. The highest BCUT2D eigenvalue weighted by Gasteiger charge is 2.08. The highest BCUT2D eigenvalue weighted by molar-refractivity contribution is 7.07. The van der Waals surface area contributed by atoms with Gasteiger partial charge in [-0.15, -0.1) is 0 Å². The first kappa shape index (κ1) is 11.9. The van der Waals surface area contributed by atoms with E-state index in [9.17, 15) is 0 Å². The van der Waals surface area contributed by atoms with Crippen LogP contribution in [-0.4, -0.2) is 26.7 Å². The van der Waals surface area contributed by atoms with Crippen LogP contribution in [0, 0.1) is 0 Å². The quantitative estimate of drug-likeness (QED) is 0.666. The lowest BCUT2D eigenvalue weighted by Gasteiger charge is -2.08. The minimum atomic E-state index is 0.604. The lowest BCUT2D eigenvalue weighted by Crippen LogP contribution is -2.06. The molecule has 0 radical (unpaired) electrons. The maximum Gasteiger partial charge on any atom is 0.226 e. The van der Waals surface area contributed by atoms with E-state index in [1.54, 1.807) is 17.5 Å². The van der Waals surface area contributed by atoms with Gasteiger partial charge in [0.05, 0.1) is 11.6 Å². The molecule has 0 saturated heterocycles. The van der Waals surface area contributed by atoms with Gasteiger partial charge in [-0.1, -0.05) is 0 Å². The molecule has 0 aliphatic carbocycles. The summed E-state index contributed by atoms with van der Waals surface area (Å²) in [5, 5.41) is 18.4. The van der Waals surface area contributed by atoms with Crippen molar-refractivity contribution in [3.8, 4) is 0 Å². The second-order valence-electron chi connectivity index (χ2n) is 4.04. The zero-order chi connectivity index (χ0) is 13.1. The molecule has 3 N–H and O–H groups in total. The number of anilines is 2. The van der Waals surface area contributed by atoms with Crippen molar-refractivity contribution in [3.05, 3.63) is 28.6 Å². The number of fused-ring (bicyclic) bond motifs is 1. The summed E-state index contributed by atoms with van der Waals surface area (Å²) < 4.78 is 0. The summed E-state index contributed by atoms with van der Waals surface area (Å²) in [7, 11) is 0. The van der Waals surface area contributed by atoms with E-state index in [1.807, 2.05) is 6.92 Å². The summed E-state index contributed by atoms with van der Waals surface area (Å²) >= 11 is 1.69. The van der Waals surface area contributed by atoms with Crippen molar-refractivity contribution < 1.29 is 0 Å². The topological polar surface area (TPSA) is 78.5 Å². The van der Waals surface area contributed by atoms with E-state index < -0.39 is 0 Å². The molecule has 3 rings (SSSR count). The maximum absolute atomic E-state index is 4.47.